The van der Waals surface area contributed by atoms with Gasteiger partial charge in [0.25, 0.3) is 0 Å². The van der Waals surface area contributed by atoms with E-state index in [1.807, 2.05) is 13.8 Å². The molecule has 0 aromatic rings. The summed E-state index contributed by atoms with van der Waals surface area (Å²) in [6, 6.07) is 0.0786. The SMILES string of the molecule is CCOP(=O)(Cl)NC(C)C. The van der Waals surface area contributed by atoms with E-state index in [0.717, 1.165) is 0 Å². The molecular weight excluding hydrogens is 172 g/mol. The fourth-order valence-electron chi connectivity index (χ4n) is 0.512. The van der Waals surface area contributed by atoms with Gasteiger partial charge in [-0.1, -0.05) is 0 Å². The zero-order chi connectivity index (χ0) is 8.20. The summed E-state index contributed by atoms with van der Waals surface area (Å²) in [6.07, 6.45) is 0. The Morgan fingerprint density at radius 3 is 2.50 bits per heavy atom. The highest BCUT2D eigenvalue weighted by Crippen LogP contribution is 2.48. The van der Waals surface area contributed by atoms with Crippen LogP contribution >= 0.6 is 18.1 Å². The Kier molecular flexibility index (Phi) is 4.54. The molecule has 10 heavy (non-hydrogen) atoms. The van der Waals surface area contributed by atoms with Crippen molar-refractivity contribution >= 4 is 18.1 Å². The third-order valence-electron chi connectivity index (χ3n) is 0.708. The molecule has 0 radical (unpaired) electrons. The second-order valence-corrected chi connectivity index (χ2v) is 4.99. The average molecular weight is 186 g/mol. The Morgan fingerprint density at radius 2 is 2.20 bits per heavy atom. The van der Waals surface area contributed by atoms with Crippen molar-refractivity contribution in [3.05, 3.63) is 0 Å². The molecule has 0 aliphatic carbocycles. The Balaban J connectivity index is 3.75. The molecule has 62 valence electrons. The van der Waals surface area contributed by atoms with Crippen LogP contribution in [0.3, 0.4) is 0 Å². The Morgan fingerprint density at radius 1 is 1.70 bits per heavy atom. The summed E-state index contributed by atoms with van der Waals surface area (Å²) in [5.41, 5.74) is 0. The van der Waals surface area contributed by atoms with E-state index in [1.165, 1.54) is 0 Å². The maximum absolute atomic E-state index is 11.1. The van der Waals surface area contributed by atoms with Gasteiger partial charge in [-0.2, -0.15) is 0 Å². The van der Waals surface area contributed by atoms with Gasteiger partial charge in [0.15, 0.2) is 0 Å². The predicted octanol–water partition coefficient (Wildman–Crippen LogP) is 2.37. The van der Waals surface area contributed by atoms with E-state index in [1.54, 1.807) is 6.92 Å². The predicted molar refractivity (Wildman–Crippen MR) is 43.4 cm³/mol. The molecule has 0 fully saturated rings. The van der Waals surface area contributed by atoms with Crippen molar-refractivity contribution in [2.24, 2.45) is 0 Å². The molecule has 1 N–H and O–H groups in total. The van der Waals surface area contributed by atoms with Gasteiger partial charge in [-0.25, -0.2) is 5.09 Å². The third-order valence-corrected chi connectivity index (χ3v) is 2.71. The molecule has 0 heterocycles. The molecule has 1 atom stereocenters. The number of hydrogen-bond acceptors (Lipinski definition) is 2. The summed E-state index contributed by atoms with van der Waals surface area (Å²) in [7, 11) is 0. The van der Waals surface area contributed by atoms with Crippen LogP contribution in [-0.4, -0.2) is 12.6 Å². The van der Waals surface area contributed by atoms with Crippen molar-refractivity contribution in [2.75, 3.05) is 6.61 Å². The molecule has 0 spiro atoms. The normalized spacial score (nSPS) is 17.3. The van der Waals surface area contributed by atoms with Crippen molar-refractivity contribution in [3.8, 4) is 0 Å². The molecule has 0 amide bonds. The largest absolute Gasteiger partial charge is 0.360 e. The highest BCUT2D eigenvalue weighted by atomic mass is 35.7. The van der Waals surface area contributed by atoms with Crippen molar-refractivity contribution in [3.63, 3.8) is 0 Å². The lowest BCUT2D eigenvalue weighted by Gasteiger charge is -2.13. The van der Waals surface area contributed by atoms with Gasteiger partial charge in [0.2, 0.25) is 0 Å². The standard InChI is InChI=1S/C5H13ClNO2P/c1-4-9-10(6,8)7-5(2)3/h5H,4H2,1-3H3,(H,7,8). The van der Waals surface area contributed by atoms with Gasteiger partial charge in [0.05, 0.1) is 6.61 Å². The van der Waals surface area contributed by atoms with E-state index in [9.17, 15) is 4.57 Å². The maximum Gasteiger partial charge on any atom is 0.360 e. The Labute approximate surface area is 66.4 Å². The van der Waals surface area contributed by atoms with Gasteiger partial charge in [-0.3, -0.25) is 4.57 Å². The van der Waals surface area contributed by atoms with Crippen LogP contribution in [0.15, 0.2) is 0 Å². The highest BCUT2D eigenvalue weighted by molar-refractivity contribution is 7.83. The van der Waals surface area contributed by atoms with Gasteiger partial charge < -0.3 is 4.52 Å². The number of halogens is 1. The van der Waals surface area contributed by atoms with Gasteiger partial charge in [0.1, 0.15) is 0 Å². The molecule has 0 saturated carbocycles. The van der Waals surface area contributed by atoms with Crippen LogP contribution < -0.4 is 5.09 Å². The van der Waals surface area contributed by atoms with Crippen molar-refractivity contribution in [2.45, 2.75) is 26.8 Å². The van der Waals surface area contributed by atoms with Crippen LogP contribution in [0.4, 0.5) is 0 Å². The summed E-state index contributed by atoms with van der Waals surface area (Å²) in [6.45, 7) is 2.79. The molecule has 3 nitrogen and oxygen atoms in total. The number of nitrogens with one attached hydrogen (secondary N) is 1. The molecule has 1 unspecified atom stereocenters. The summed E-state index contributed by atoms with van der Waals surface area (Å²) in [4.78, 5) is 0. The minimum Gasteiger partial charge on any atom is -0.307 e. The third kappa shape index (κ3) is 5.24. The van der Waals surface area contributed by atoms with Crippen LogP contribution in [0.25, 0.3) is 0 Å². The van der Waals surface area contributed by atoms with E-state index in [-0.39, 0.29) is 6.04 Å². The topological polar surface area (TPSA) is 38.3 Å². The van der Waals surface area contributed by atoms with Crippen molar-refractivity contribution in [1.29, 1.82) is 0 Å². The zero-order valence-corrected chi connectivity index (χ0v) is 8.08. The molecule has 0 aromatic heterocycles. The quantitative estimate of drug-likeness (QED) is 0.684. The molecule has 0 aliphatic heterocycles. The first kappa shape index (κ1) is 10.4. The molecular formula is C5H13ClNO2P. The minimum atomic E-state index is -3.03. The van der Waals surface area contributed by atoms with Gasteiger partial charge >= 0.3 is 6.87 Å². The van der Waals surface area contributed by atoms with E-state index in [0.29, 0.717) is 6.61 Å². The molecule has 0 aromatic carbocycles. The fourth-order valence-corrected chi connectivity index (χ4v) is 2.41. The first-order valence-corrected chi connectivity index (χ1v) is 5.73. The summed E-state index contributed by atoms with van der Waals surface area (Å²) >= 11 is 5.45. The molecule has 0 rings (SSSR count). The first-order chi connectivity index (χ1) is 4.48. The van der Waals surface area contributed by atoms with E-state index in [2.05, 4.69) is 5.09 Å². The van der Waals surface area contributed by atoms with Crippen molar-refractivity contribution < 1.29 is 9.09 Å². The van der Waals surface area contributed by atoms with Crippen LogP contribution in [-0.2, 0) is 9.09 Å². The van der Waals surface area contributed by atoms with Gasteiger partial charge in [0, 0.05) is 6.04 Å². The molecule has 0 aliphatic rings. The molecule has 0 saturated heterocycles. The van der Waals surface area contributed by atoms with Crippen molar-refractivity contribution in [1.82, 2.24) is 5.09 Å². The lowest BCUT2D eigenvalue weighted by molar-refractivity contribution is 0.334. The second kappa shape index (κ2) is 4.35. The molecule has 5 heteroatoms. The van der Waals surface area contributed by atoms with Crippen LogP contribution in [0.2, 0.25) is 0 Å². The lowest BCUT2D eigenvalue weighted by atomic mass is 10.4. The smallest absolute Gasteiger partial charge is 0.307 e. The number of hydrogen-bond donors (Lipinski definition) is 1. The van der Waals surface area contributed by atoms with E-state index in [4.69, 9.17) is 15.8 Å². The van der Waals surface area contributed by atoms with Crippen LogP contribution in [0.1, 0.15) is 20.8 Å². The summed E-state index contributed by atoms with van der Waals surface area (Å²) in [5.74, 6) is 0. The van der Waals surface area contributed by atoms with Crippen LogP contribution in [0.5, 0.6) is 0 Å². The number of rotatable bonds is 4. The highest BCUT2D eigenvalue weighted by Gasteiger charge is 2.18. The Hall–Kier alpha value is 0.440. The minimum absolute atomic E-state index is 0.0786. The Bertz CT molecular complexity index is 140. The second-order valence-electron chi connectivity index (χ2n) is 2.18. The maximum atomic E-state index is 11.1. The fraction of sp³-hybridized carbons (Fsp3) is 1.00. The summed E-state index contributed by atoms with van der Waals surface area (Å²) in [5, 5.41) is 2.62. The van der Waals surface area contributed by atoms with Gasteiger partial charge in [-0.05, 0) is 32.0 Å². The lowest BCUT2D eigenvalue weighted by Crippen LogP contribution is -2.18. The van der Waals surface area contributed by atoms with E-state index >= 15 is 0 Å². The van der Waals surface area contributed by atoms with Gasteiger partial charge in [-0.15, -0.1) is 0 Å². The summed E-state index contributed by atoms with van der Waals surface area (Å²) < 4.78 is 15.8. The van der Waals surface area contributed by atoms with E-state index < -0.39 is 6.87 Å². The van der Waals surface area contributed by atoms with Crippen LogP contribution in [0, 0.1) is 0 Å². The average Bonchev–Trinajstić information content (AvgIpc) is 1.59. The monoisotopic (exact) mass is 185 g/mol. The molecule has 0 bridgehead atoms. The zero-order valence-electron chi connectivity index (χ0n) is 6.43. The first-order valence-electron chi connectivity index (χ1n) is 3.20.